The van der Waals surface area contributed by atoms with Gasteiger partial charge in [-0.1, -0.05) is 11.6 Å². The first-order valence-electron chi connectivity index (χ1n) is 6.39. The number of sulfone groups is 1. The Kier molecular flexibility index (Phi) is 4.53. The summed E-state index contributed by atoms with van der Waals surface area (Å²) in [4.78, 5) is 11.5. The Bertz CT molecular complexity index is 700. The van der Waals surface area contributed by atoms with Crippen molar-refractivity contribution in [3.05, 3.63) is 28.8 Å². The number of hydrazone groups is 1. The molecule has 1 aliphatic rings. The molecule has 1 atom stereocenters. The highest BCUT2D eigenvalue weighted by Crippen LogP contribution is 2.31. The van der Waals surface area contributed by atoms with Gasteiger partial charge < -0.3 is 4.74 Å². The third kappa shape index (κ3) is 3.19. The summed E-state index contributed by atoms with van der Waals surface area (Å²) >= 11 is 5.92. The van der Waals surface area contributed by atoms with E-state index in [0.29, 0.717) is 16.3 Å². The molecule has 8 heteroatoms. The predicted octanol–water partition coefficient (Wildman–Crippen LogP) is 2.36. The molecule has 0 fully saturated rings. The number of rotatable bonds is 2. The number of nitrogens with zero attached hydrogens (tertiary/aromatic N) is 1. The van der Waals surface area contributed by atoms with Crippen molar-refractivity contribution in [1.82, 2.24) is 5.43 Å². The first-order chi connectivity index (χ1) is 9.86. The molecular weight excluding hydrogens is 316 g/mol. The van der Waals surface area contributed by atoms with E-state index in [4.69, 9.17) is 16.3 Å². The van der Waals surface area contributed by atoms with Crippen molar-refractivity contribution >= 4 is 33.2 Å². The zero-order valence-electron chi connectivity index (χ0n) is 11.6. The monoisotopic (exact) mass is 330 g/mol. The van der Waals surface area contributed by atoms with Crippen LogP contribution in [0.15, 0.2) is 28.2 Å². The summed E-state index contributed by atoms with van der Waals surface area (Å²) < 4.78 is 29.3. The minimum Gasteiger partial charge on any atom is -0.449 e. The molecule has 1 aromatic rings. The summed E-state index contributed by atoms with van der Waals surface area (Å²) in [7, 11) is -3.40. The SMILES string of the molecule is CCOC(=O)N/N=C1/C[C@@H](C)S(=O)(=O)c2ccc(Cl)cc21. The molecule has 0 saturated heterocycles. The minimum absolute atomic E-state index is 0.176. The highest BCUT2D eigenvalue weighted by molar-refractivity contribution is 7.92. The molecule has 2 rings (SSSR count). The first-order valence-corrected chi connectivity index (χ1v) is 8.31. The standard InChI is InChI=1S/C13H15ClN2O4S/c1-3-20-13(17)16-15-11-6-8(2)21(18,19)12-5-4-9(14)7-10(11)12/h4-5,7-8H,3,6H2,1-2H3,(H,16,17)/b15-11-/t8-/m1/s1. The van der Waals surface area contributed by atoms with Crippen LogP contribution in [0.3, 0.4) is 0 Å². The molecule has 0 radical (unpaired) electrons. The number of halogens is 1. The highest BCUT2D eigenvalue weighted by Gasteiger charge is 2.34. The Balaban J connectivity index is 2.44. The van der Waals surface area contributed by atoms with E-state index >= 15 is 0 Å². The lowest BCUT2D eigenvalue weighted by atomic mass is 10.1. The molecule has 0 saturated carbocycles. The summed E-state index contributed by atoms with van der Waals surface area (Å²) in [5.41, 5.74) is 3.13. The maximum absolute atomic E-state index is 12.3. The smallest absolute Gasteiger partial charge is 0.427 e. The Labute approximate surface area is 128 Å². The van der Waals surface area contributed by atoms with E-state index in [1.807, 2.05) is 0 Å². The highest BCUT2D eigenvalue weighted by atomic mass is 35.5. The van der Waals surface area contributed by atoms with Gasteiger partial charge in [-0.15, -0.1) is 0 Å². The van der Waals surface area contributed by atoms with Crippen molar-refractivity contribution in [2.45, 2.75) is 30.4 Å². The van der Waals surface area contributed by atoms with Crippen molar-refractivity contribution in [3.63, 3.8) is 0 Å². The van der Waals surface area contributed by atoms with Crippen LogP contribution in [0.2, 0.25) is 5.02 Å². The zero-order valence-corrected chi connectivity index (χ0v) is 13.2. The fraction of sp³-hybridized carbons (Fsp3) is 0.385. The number of benzene rings is 1. The molecule has 0 spiro atoms. The van der Waals surface area contributed by atoms with Gasteiger partial charge in [-0.3, -0.25) is 0 Å². The maximum atomic E-state index is 12.3. The van der Waals surface area contributed by atoms with Crippen molar-refractivity contribution in [1.29, 1.82) is 0 Å². The van der Waals surface area contributed by atoms with Crippen molar-refractivity contribution in [2.75, 3.05) is 6.61 Å². The van der Waals surface area contributed by atoms with Crippen LogP contribution in [0.1, 0.15) is 25.8 Å². The average Bonchev–Trinajstić information content (AvgIpc) is 2.41. The third-order valence-electron chi connectivity index (χ3n) is 3.13. The van der Waals surface area contributed by atoms with E-state index in [2.05, 4.69) is 10.5 Å². The Morgan fingerprint density at radius 3 is 2.90 bits per heavy atom. The van der Waals surface area contributed by atoms with E-state index in [1.165, 1.54) is 18.2 Å². The van der Waals surface area contributed by atoms with Gasteiger partial charge in [0, 0.05) is 17.0 Å². The largest absolute Gasteiger partial charge is 0.449 e. The number of fused-ring (bicyclic) bond motifs is 1. The topological polar surface area (TPSA) is 84.8 Å². The van der Waals surface area contributed by atoms with E-state index in [1.54, 1.807) is 13.8 Å². The molecule has 1 amide bonds. The number of carbonyl (C=O) groups is 1. The Hall–Kier alpha value is -1.60. The number of carbonyl (C=O) groups excluding carboxylic acids is 1. The molecule has 1 N–H and O–H groups in total. The summed E-state index contributed by atoms with van der Waals surface area (Å²) in [5, 5.41) is 3.76. The van der Waals surface area contributed by atoms with Crippen LogP contribution in [0.5, 0.6) is 0 Å². The molecule has 0 aliphatic carbocycles. The van der Waals surface area contributed by atoms with Gasteiger partial charge in [0.2, 0.25) is 0 Å². The van der Waals surface area contributed by atoms with Crippen molar-refractivity contribution in [3.8, 4) is 0 Å². The normalized spacial score (nSPS) is 21.7. The molecule has 1 heterocycles. The number of hydrogen-bond donors (Lipinski definition) is 1. The fourth-order valence-corrected chi connectivity index (χ4v) is 3.79. The average molecular weight is 331 g/mol. The van der Waals surface area contributed by atoms with Crippen LogP contribution in [0, 0.1) is 0 Å². The van der Waals surface area contributed by atoms with Gasteiger partial charge in [-0.2, -0.15) is 5.10 Å². The minimum atomic E-state index is -3.40. The third-order valence-corrected chi connectivity index (χ3v) is 5.56. The second-order valence-electron chi connectivity index (χ2n) is 4.59. The van der Waals surface area contributed by atoms with Crippen LogP contribution in [-0.2, 0) is 14.6 Å². The van der Waals surface area contributed by atoms with Gasteiger partial charge in [0.25, 0.3) is 0 Å². The molecule has 6 nitrogen and oxygen atoms in total. The predicted molar refractivity (Wildman–Crippen MR) is 79.4 cm³/mol. The van der Waals surface area contributed by atoms with Gasteiger partial charge >= 0.3 is 6.09 Å². The van der Waals surface area contributed by atoms with Gasteiger partial charge in [0.05, 0.1) is 22.5 Å². The summed E-state index contributed by atoms with van der Waals surface area (Å²) in [6.45, 7) is 3.51. The quantitative estimate of drug-likeness (QED) is 0.843. The lowest BCUT2D eigenvalue weighted by Gasteiger charge is -2.23. The molecule has 0 aromatic heterocycles. The van der Waals surface area contributed by atoms with E-state index in [-0.39, 0.29) is 17.9 Å². The summed E-state index contributed by atoms with van der Waals surface area (Å²) in [6.07, 6.45) is -0.489. The lowest BCUT2D eigenvalue weighted by Crippen LogP contribution is -2.31. The first kappa shape index (κ1) is 15.8. The number of nitrogens with one attached hydrogen (secondary N) is 1. The Morgan fingerprint density at radius 2 is 2.24 bits per heavy atom. The number of ether oxygens (including phenoxy) is 1. The van der Waals surface area contributed by atoms with Crippen molar-refractivity contribution in [2.24, 2.45) is 5.10 Å². The van der Waals surface area contributed by atoms with E-state index in [0.717, 1.165) is 0 Å². The van der Waals surface area contributed by atoms with Crippen LogP contribution < -0.4 is 5.43 Å². The molecule has 0 bridgehead atoms. The molecular formula is C13H15ClN2O4S. The second-order valence-corrected chi connectivity index (χ2v) is 7.36. The van der Waals surface area contributed by atoms with E-state index < -0.39 is 21.2 Å². The van der Waals surface area contributed by atoms with E-state index in [9.17, 15) is 13.2 Å². The van der Waals surface area contributed by atoms with Crippen molar-refractivity contribution < 1.29 is 17.9 Å². The van der Waals surface area contributed by atoms with Gasteiger partial charge in [0.1, 0.15) is 0 Å². The second kappa shape index (κ2) is 6.03. The molecule has 1 aliphatic heterocycles. The van der Waals surface area contributed by atoms with Crippen LogP contribution >= 0.6 is 11.6 Å². The van der Waals surface area contributed by atoms with Crippen LogP contribution in [-0.4, -0.2) is 32.1 Å². The van der Waals surface area contributed by atoms with Crippen LogP contribution in [0.25, 0.3) is 0 Å². The molecule has 0 unspecified atom stereocenters. The Morgan fingerprint density at radius 1 is 1.52 bits per heavy atom. The summed E-state index contributed by atoms with van der Waals surface area (Å²) in [6, 6.07) is 4.51. The van der Waals surface area contributed by atoms with Gasteiger partial charge in [-0.25, -0.2) is 18.6 Å². The molecule has 1 aromatic carbocycles. The lowest BCUT2D eigenvalue weighted by molar-refractivity contribution is 0.152. The number of hydrogen-bond acceptors (Lipinski definition) is 5. The summed E-state index contributed by atoms with van der Waals surface area (Å²) in [5.74, 6) is 0. The molecule has 114 valence electrons. The van der Waals surface area contributed by atoms with Gasteiger partial charge in [0.15, 0.2) is 9.84 Å². The zero-order chi connectivity index (χ0) is 15.6. The van der Waals surface area contributed by atoms with Gasteiger partial charge in [-0.05, 0) is 32.0 Å². The fourth-order valence-electron chi connectivity index (χ4n) is 2.07. The molecule has 21 heavy (non-hydrogen) atoms. The van der Waals surface area contributed by atoms with Crippen LogP contribution in [0.4, 0.5) is 4.79 Å². The maximum Gasteiger partial charge on any atom is 0.427 e. The number of amides is 1.